The van der Waals surface area contributed by atoms with Crippen LogP contribution in [0.1, 0.15) is 65.0 Å². The van der Waals surface area contributed by atoms with Gasteiger partial charge in [-0.2, -0.15) is 0 Å². The highest BCUT2D eigenvalue weighted by Crippen LogP contribution is 2.41. The Kier molecular flexibility index (Phi) is 7.50. The van der Waals surface area contributed by atoms with Gasteiger partial charge in [-0.05, 0) is 34.3 Å². The first kappa shape index (κ1) is 24.9. The summed E-state index contributed by atoms with van der Waals surface area (Å²) in [5.74, 6) is 0. The van der Waals surface area contributed by atoms with Crippen LogP contribution in [0.2, 0.25) is 36.3 Å². The molecule has 0 fully saturated rings. The number of hydrogen-bond donors (Lipinski definition) is 2. The van der Waals surface area contributed by atoms with E-state index in [1.54, 1.807) is 0 Å². The molecule has 2 aromatic rings. The molecule has 0 saturated carbocycles. The van der Waals surface area contributed by atoms with Gasteiger partial charge in [-0.1, -0.05) is 79.9 Å². The largest absolute Gasteiger partial charge is 0.328 e. The van der Waals surface area contributed by atoms with Crippen molar-refractivity contribution in [3.8, 4) is 0 Å². The van der Waals surface area contributed by atoms with E-state index in [9.17, 15) is 0 Å². The van der Waals surface area contributed by atoms with Crippen LogP contribution in [-0.4, -0.2) is 26.4 Å². The highest BCUT2D eigenvalue weighted by atomic mass is 28.3. The Morgan fingerprint density at radius 2 is 0.967 bits per heavy atom. The quantitative estimate of drug-likeness (QED) is 0.484. The van der Waals surface area contributed by atoms with E-state index in [4.69, 9.17) is 9.97 Å². The van der Waals surface area contributed by atoms with Crippen LogP contribution >= 0.6 is 0 Å². The maximum atomic E-state index is 4.79. The lowest BCUT2D eigenvalue weighted by Crippen LogP contribution is -2.60. The van der Waals surface area contributed by atoms with Gasteiger partial charge in [-0.15, -0.1) is 0 Å². The smallest absolute Gasteiger partial charge is 0.125 e. The number of nitrogens with one attached hydrogen (secondary N) is 2. The van der Waals surface area contributed by atoms with Gasteiger partial charge in [0.1, 0.15) is 16.5 Å². The third kappa shape index (κ3) is 5.87. The monoisotopic (exact) mass is 442 g/mol. The van der Waals surface area contributed by atoms with Crippen LogP contribution in [0.25, 0.3) is 0 Å². The molecule has 30 heavy (non-hydrogen) atoms. The number of aromatic nitrogens is 2. The Morgan fingerprint density at radius 3 is 1.20 bits per heavy atom. The first-order valence-electron chi connectivity index (χ1n) is 11.0. The van der Waals surface area contributed by atoms with E-state index in [0.29, 0.717) is 0 Å². The van der Waals surface area contributed by atoms with Crippen molar-refractivity contribution in [1.82, 2.24) is 19.9 Å². The Balaban J connectivity index is 2.61. The van der Waals surface area contributed by atoms with Crippen LogP contribution in [-0.2, 0) is 0 Å². The molecule has 4 nitrogen and oxygen atoms in total. The predicted octanol–water partition coefficient (Wildman–Crippen LogP) is 6.45. The fourth-order valence-electron chi connectivity index (χ4n) is 2.99. The van der Waals surface area contributed by atoms with E-state index in [1.165, 1.54) is 0 Å². The maximum absolute atomic E-state index is 4.79. The minimum absolute atomic E-state index is 0.0520. The van der Waals surface area contributed by atoms with Crippen LogP contribution in [0.15, 0.2) is 48.8 Å². The van der Waals surface area contributed by atoms with Gasteiger partial charge in [0.25, 0.3) is 0 Å². The summed E-state index contributed by atoms with van der Waals surface area (Å²) in [6.45, 7) is 23.8. The van der Waals surface area contributed by atoms with Crippen LogP contribution < -0.4 is 9.96 Å². The van der Waals surface area contributed by atoms with Gasteiger partial charge >= 0.3 is 0 Å². The number of nitrogens with zero attached hydrogens (tertiary/aromatic N) is 2. The minimum Gasteiger partial charge on any atom is -0.328 e. The molecule has 2 unspecified atom stereocenters. The molecule has 0 radical (unpaired) electrons. The lowest BCUT2D eigenvalue weighted by molar-refractivity contribution is 0.449. The van der Waals surface area contributed by atoms with E-state index >= 15 is 0 Å². The van der Waals surface area contributed by atoms with Gasteiger partial charge < -0.3 is 9.96 Å². The molecule has 2 aromatic heterocycles. The van der Waals surface area contributed by atoms with E-state index in [-0.39, 0.29) is 22.2 Å². The second kappa shape index (κ2) is 9.03. The summed E-state index contributed by atoms with van der Waals surface area (Å²) in [4.78, 5) is 17.8. The molecular formula is C24H42N4Si2. The Morgan fingerprint density at radius 1 is 0.633 bits per heavy atom. The molecule has 6 heteroatoms. The van der Waals surface area contributed by atoms with Gasteiger partial charge in [0.05, 0.1) is 23.5 Å². The van der Waals surface area contributed by atoms with E-state index in [1.807, 2.05) is 24.5 Å². The highest BCUT2D eigenvalue weighted by molar-refractivity contribution is 6.78. The molecule has 0 aliphatic carbocycles. The molecule has 166 valence electrons. The van der Waals surface area contributed by atoms with Crippen LogP contribution in [0, 0.1) is 0 Å². The van der Waals surface area contributed by atoms with Gasteiger partial charge in [-0.25, -0.2) is 0 Å². The van der Waals surface area contributed by atoms with Crippen molar-refractivity contribution >= 4 is 16.5 Å². The molecule has 0 spiro atoms. The van der Waals surface area contributed by atoms with Crippen LogP contribution in [0.4, 0.5) is 0 Å². The zero-order chi connectivity index (χ0) is 22.8. The topological polar surface area (TPSA) is 49.8 Å². The zero-order valence-corrected chi connectivity index (χ0v) is 22.7. The van der Waals surface area contributed by atoms with Crippen molar-refractivity contribution in [3.05, 3.63) is 60.2 Å². The van der Waals surface area contributed by atoms with Crippen molar-refractivity contribution in [2.24, 2.45) is 0 Å². The fourth-order valence-corrected chi connectivity index (χ4v) is 6.04. The molecule has 2 heterocycles. The zero-order valence-electron chi connectivity index (χ0n) is 20.7. The molecule has 2 N–H and O–H groups in total. The number of rotatable bonds is 7. The molecule has 0 aliphatic rings. The summed E-state index contributed by atoms with van der Waals surface area (Å²) >= 11 is 0. The molecular weight excluding hydrogens is 400 g/mol. The normalized spacial score (nSPS) is 15.7. The van der Waals surface area contributed by atoms with Gasteiger partial charge in [0.2, 0.25) is 0 Å². The molecule has 0 aromatic carbocycles. The Hall–Kier alpha value is -1.35. The molecule has 0 bridgehead atoms. The summed E-state index contributed by atoms with van der Waals surface area (Å²) in [7, 11) is -3.62. The lowest BCUT2D eigenvalue weighted by Gasteiger charge is -2.46. The summed E-state index contributed by atoms with van der Waals surface area (Å²) < 4.78 is 0. The third-order valence-corrected chi connectivity index (χ3v) is 16.7. The third-order valence-electron chi connectivity index (χ3n) is 7.13. The SMILES string of the molecule is CC(C)(C)[Si](C)(C)NC(c1ccccn1)C(N[Si](C)(C)C(C)(C)C)c1ccccn1. The molecule has 0 saturated heterocycles. The Labute approximate surface area is 186 Å². The molecule has 0 aliphatic heterocycles. The molecule has 2 rings (SSSR count). The average Bonchev–Trinajstić information content (AvgIpc) is 2.64. The summed E-state index contributed by atoms with van der Waals surface area (Å²) in [6.07, 6.45) is 3.80. The summed E-state index contributed by atoms with van der Waals surface area (Å²) in [5.41, 5.74) is 2.15. The van der Waals surface area contributed by atoms with Crippen molar-refractivity contribution < 1.29 is 0 Å². The van der Waals surface area contributed by atoms with Crippen molar-refractivity contribution in [2.45, 2.75) is 89.9 Å². The van der Waals surface area contributed by atoms with Crippen molar-refractivity contribution in [2.75, 3.05) is 0 Å². The second-order valence-corrected chi connectivity index (χ2v) is 21.6. The second-order valence-electron chi connectivity index (χ2n) is 11.5. The maximum Gasteiger partial charge on any atom is 0.125 e. The number of pyridine rings is 2. The van der Waals surface area contributed by atoms with Gasteiger partial charge in [0, 0.05) is 12.4 Å². The summed E-state index contributed by atoms with van der Waals surface area (Å²) in [5, 5.41) is 0.428. The van der Waals surface area contributed by atoms with Crippen LogP contribution in [0.3, 0.4) is 0 Å². The first-order valence-corrected chi connectivity index (χ1v) is 17.0. The lowest BCUT2D eigenvalue weighted by atomic mass is 10.0. The number of hydrogen-bond acceptors (Lipinski definition) is 4. The molecule has 0 amide bonds. The van der Waals surface area contributed by atoms with E-state index < -0.39 is 16.5 Å². The van der Waals surface area contributed by atoms with Crippen LogP contribution in [0.5, 0.6) is 0 Å². The fraction of sp³-hybridized carbons (Fsp3) is 0.583. The van der Waals surface area contributed by atoms with Crippen molar-refractivity contribution in [1.29, 1.82) is 0 Å². The predicted molar refractivity (Wildman–Crippen MR) is 135 cm³/mol. The summed E-state index contributed by atoms with van der Waals surface area (Å²) in [6, 6.07) is 12.6. The van der Waals surface area contributed by atoms with E-state index in [0.717, 1.165) is 11.4 Å². The first-order chi connectivity index (χ1) is 13.7. The highest BCUT2D eigenvalue weighted by Gasteiger charge is 2.44. The minimum atomic E-state index is -1.81. The van der Waals surface area contributed by atoms with Gasteiger partial charge in [0.15, 0.2) is 0 Å². The molecule has 2 atom stereocenters. The Bertz CT molecular complexity index is 724. The average molecular weight is 443 g/mol. The van der Waals surface area contributed by atoms with E-state index in [2.05, 4.69) is 102 Å². The standard InChI is InChI=1S/C24H42N4Si2/c1-23(2,3)29(7,8)27-21(19-15-11-13-17-25-19)22(20-16-12-14-18-26-20)28-30(9,10)24(4,5)6/h11-18,21-22,27-28H,1-10H3. The van der Waals surface area contributed by atoms with Gasteiger partial charge in [-0.3, -0.25) is 9.97 Å². The van der Waals surface area contributed by atoms with Crippen molar-refractivity contribution in [3.63, 3.8) is 0 Å².